The molecule has 0 fully saturated rings. The van der Waals surface area contributed by atoms with Crippen LogP contribution in [-0.2, 0) is 25.5 Å². The molecule has 11 nitrogen and oxygen atoms in total. The number of esters is 1. The maximum atomic E-state index is 13.8. The summed E-state index contributed by atoms with van der Waals surface area (Å²) in [6.45, 7) is 4.05. The summed E-state index contributed by atoms with van der Waals surface area (Å²) in [5.41, 5.74) is 13.1. The molecule has 1 amide bonds. The van der Waals surface area contributed by atoms with Crippen molar-refractivity contribution < 1.29 is 51.1 Å². The lowest BCUT2D eigenvalue weighted by atomic mass is 9.92. The van der Waals surface area contributed by atoms with Crippen molar-refractivity contribution in [2.45, 2.75) is 31.7 Å². The van der Waals surface area contributed by atoms with Gasteiger partial charge < -0.3 is 37.0 Å². The van der Waals surface area contributed by atoms with Gasteiger partial charge in [-0.25, -0.2) is 4.79 Å². The number of ketones is 1. The van der Waals surface area contributed by atoms with E-state index in [4.69, 9.17) is 25.7 Å². The molecule has 0 spiro atoms. The first-order valence-corrected chi connectivity index (χ1v) is 17.4. The van der Waals surface area contributed by atoms with Crippen LogP contribution in [0.2, 0.25) is 0 Å². The van der Waals surface area contributed by atoms with Crippen molar-refractivity contribution in [3.05, 3.63) is 115 Å². The molecule has 5 aromatic rings. The number of halogens is 1. The number of carbonyl (C=O) groups is 3. The van der Waals surface area contributed by atoms with Crippen LogP contribution in [0, 0.1) is 5.92 Å². The third-order valence-corrected chi connectivity index (χ3v) is 8.87. The highest BCUT2D eigenvalue weighted by Crippen LogP contribution is 2.45. The Morgan fingerprint density at radius 2 is 1.52 bits per heavy atom. The highest BCUT2D eigenvalue weighted by Gasteiger charge is 2.28. The Labute approximate surface area is 320 Å². The van der Waals surface area contributed by atoms with Crippen LogP contribution in [0.5, 0.6) is 17.2 Å². The number of nitrogens with one attached hydrogen (secondary N) is 2. The van der Waals surface area contributed by atoms with Crippen LogP contribution in [0.25, 0.3) is 32.7 Å². The number of hydrogen-bond acceptors (Lipinski definition) is 7. The van der Waals surface area contributed by atoms with Gasteiger partial charge in [0.05, 0.1) is 13.7 Å². The van der Waals surface area contributed by atoms with Crippen LogP contribution in [0.1, 0.15) is 24.8 Å². The van der Waals surface area contributed by atoms with Gasteiger partial charge in [0, 0.05) is 29.9 Å². The molecule has 54 heavy (non-hydrogen) atoms. The van der Waals surface area contributed by atoms with E-state index in [0.717, 1.165) is 27.1 Å². The predicted molar refractivity (Wildman–Crippen MR) is 205 cm³/mol. The van der Waals surface area contributed by atoms with Crippen molar-refractivity contribution in [1.29, 1.82) is 0 Å². The summed E-state index contributed by atoms with van der Waals surface area (Å²) in [5, 5.41) is 17.5. The highest BCUT2D eigenvalue weighted by molar-refractivity contribution is 6.09. The smallest absolute Gasteiger partial charge is 0.338 e. The summed E-state index contributed by atoms with van der Waals surface area (Å²) < 4.78 is 16.8. The Balaban J connectivity index is 0.00000650. The molecule has 0 heterocycles. The molecule has 0 aromatic heterocycles. The zero-order valence-corrected chi connectivity index (χ0v) is 30.8. The third kappa shape index (κ3) is 10.5. The number of methoxy groups -OCH3 is 1. The van der Waals surface area contributed by atoms with E-state index in [1.165, 1.54) is 7.11 Å². The lowest BCUT2D eigenvalue weighted by molar-refractivity contribution is -0.459. The van der Waals surface area contributed by atoms with Crippen LogP contribution in [0.15, 0.2) is 110 Å². The third-order valence-electron chi connectivity index (χ3n) is 8.87. The normalized spacial score (nSPS) is 11.8. The van der Waals surface area contributed by atoms with Crippen LogP contribution < -0.4 is 43.7 Å². The number of hydrogen-bond donors (Lipinski definition) is 5. The van der Waals surface area contributed by atoms with E-state index < -0.39 is 23.8 Å². The van der Waals surface area contributed by atoms with Crippen molar-refractivity contribution in [1.82, 2.24) is 5.32 Å². The minimum Gasteiger partial charge on any atom is -1.00 e. The van der Waals surface area contributed by atoms with Crippen molar-refractivity contribution in [2.75, 3.05) is 26.9 Å². The van der Waals surface area contributed by atoms with Gasteiger partial charge in [-0.05, 0) is 64.2 Å². The quantitative estimate of drug-likeness (QED) is 0.0287. The number of rotatable bonds is 18. The lowest BCUT2D eigenvalue weighted by Gasteiger charge is -2.22. The number of nitrogens with two attached hydrogens (primary N) is 2. The van der Waals surface area contributed by atoms with E-state index >= 15 is 0 Å². The minimum atomic E-state index is -0.999. The number of carbonyl (C=O) groups excluding carboxylic acids is 3. The number of phenols is 1. The number of fused-ring (bicyclic) bond motifs is 2. The Morgan fingerprint density at radius 3 is 2.17 bits per heavy atom. The van der Waals surface area contributed by atoms with E-state index in [-0.39, 0.29) is 49.3 Å². The topological polar surface area (TPSA) is 177 Å². The molecule has 0 radical (unpaired) electrons. The SMILES string of the molecule is C=CCOc1ccc(C[C@H](NC(=O)[C@@H](CCC[NH+]=C(N)N)CC(=O)COc2ccc3ccccc3c2-c2c(O)ccc3ccccc23)C(=O)OC)cc1.[Cl-]. The maximum absolute atomic E-state index is 13.8. The van der Waals surface area contributed by atoms with Gasteiger partial charge in [-0.1, -0.05) is 85.5 Å². The second-order valence-corrected chi connectivity index (χ2v) is 12.6. The van der Waals surface area contributed by atoms with E-state index in [1.807, 2.05) is 60.7 Å². The molecular formula is C42H45ClN4O7. The van der Waals surface area contributed by atoms with E-state index in [1.54, 1.807) is 42.5 Å². The molecule has 7 N–H and O–H groups in total. The molecule has 282 valence electrons. The molecule has 0 aliphatic rings. The average molecular weight is 753 g/mol. The Bertz CT molecular complexity index is 2120. The summed E-state index contributed by atoms with van der Waals surface area (Å²) in [6, 6.07) is 28.8. The second kappa shape index (κ2) is 19.7. The van der Waals surface area contributed by atoms with Gasteiger partial charge in [0.15, 0.2) is 5.78 Å². The van der Waals surface area contributed by atoms with Gasteiger partial charge in [0.2, 0.25) is 5.91 Å². The Kier molecular flexibility index (Phi) is 14.8. The first kappa shape index (κ1) is 40.7. The predicted octanol–water partition coefficient (Wildman–Crippen LogP) is 0.923. The van der Waals surface area contributed by atoms with Crippen molar-refractivity contribution in [2.24, 2.45) is 17.4 Å². The fraction of sp³-hybridized carbons (Fsp3) is 0.238. The van der Waals surface area contributed by atoms with E-state index in [0.29, 0.717) is 48.6 Å². The maximum Gasteiger partial charge on any atom is 0.338 e. The zero-order valence-electron chi connectivity index (χ0n) is 30.1. The average Bonchev–Trinajstić information content (AvgIpc) is 3.17. The van der Waals surface area contributed by atoms with Gasteiger partial charge in [0.1, 0.15) is 36.5 Å². The number of benzene rings is 5. The number of phenolic OH excluding ortho intramolecular Hbond substituents is 1. The largest absolute Gasteiger partial charge is 1.00 e. The first-order valence-electron chi connectivity index (χ1n) is 17.4. The standard InChI is InChI=1S/C42H44N4O7.ClH/c1-3-23-52-32-18-14-27(15-19-32)24-35(41(50)51-2)46-40(49)30(11-8-22-45-42(43)44)25-31(47)26-53-37-21-17-29-10-5-7-13-34(29)39(37)38-33-12-6-4-9-28(33)16-20-36(38)48;/h3-7,9-10,12-21,30,35,48H,1,8,11,22-26H2,2H3,(H,46,49)(H4,43,44,45);1H/t30-,35-;/m0./s1. The number of ether oxygens (including phenoxy) is 3. The van der Waals surface area contributed by atoms with Crippen molar-refractivity contribution in [3.63, 3.8) is 0 Å². The number of Topliss-reactive ketones (excluding diaryl/α,β-unsaturated/α-hetero) is 1. The second-order valence-electron chi connectivity index (χ2n) is 12.6. The van der Waals surface area contributed by atoms with Gasteiger partial charge in [-0.15, -0.1) is 0 Å². The molecule has 5 rings (SSSR count). The summed E-state index contributed by atoms with van der Waals surface area (Å²) in [6.07, 6.45) is 2.41. The number of guanidine groups is 1. The van der Waals surface area contributed by atoms with Crippen molar-refractivity contribution in [3.8, 4) is 28.4 Å². The highest BCUT2D eigenvalue weighted by atomic mass is 35.5. The fourth-order valence-corrected chi connectivity index (χ4v) is 6.29. The van der Waals surface area contributed by atoms with Gasteiger partial charge in [-0.3, -0.25) is 26.0 Å². The van der Waals surface area contributed by atoms with Gasteiger partial charge in [-0.2, -0.15) is 0 Å². The summed E-state index contributed by atoms with van der Waals surface area (Å²) in [4.78, 5) is 43.1. The molecule has 0 unspecified atom stereocenters. The molecule has 0 aliphatic carbocycles. The molecule has 0 aliphatic heterocycles. The fourth-order valence-electron chi connectivity index (χ4n) is 6.29. The zero-order chi connectivity index (χ0) is 37.7. The van der Waals surface area contributed by atoms with Crippen LogP contribution in [0.3, 0.4) is 0 Å². The van der Waals surface area contributed by atoms with E-state index in [2.05, 4.69) is 16.9 Å². The van der Waals surface area contributed by atoms with Crippen LogP contribution in [0.4, 0.5) is 0 Å². The van der Waals surface area contributed by atoms with Gasteiger partial charge in [0.25, 0.3) is 0 Å². The lowest BCUT2D eigenvalue weighted by Crippen LogP contribution is -3.00. The summed E-state index contributed by atoms with van der Waals surface area (Å²) in [7, 11) is 1.25. The van der Waals surface area contributed by atoms with Crippen LogP contribution >= 0.6 is 0 Å². The van der Waals surface area contributed by atoms with E-state index in [9.17, 15) is 19.5 Å². The number of aromatic hydroxyl groups is 1. The van der Waals surface area contributed by atoms with Crippen molar-refractivity contribution >= 4 is 45.2 Å². The molecule has 5 aromatic carbocycles. The first-order chi connectivity index (χ1) is 25.7. The Hall–Kier alpha value is -6.07. The number of amides is 1. The molecule has 12 heteroatoms. The summed E-state index contributed by atoms with van der Waals surface area (Å²) in [5.74, 6) is -1.04. The molecule has 2 atom stereocenters. The summed E-state index contributed by atoms with van der Waals surface area (Å²) >= 11 is 0. The molecule has 0 bridgehead atoms. The monoisotopic (exact) mass is 752 g/mol. The molecular weight excluding hydrogens is 708 g/mol. The van der Waals surface area contributed by atoms with Crippen LogP contribution in [-0.4, -0.2) is 61.6 Å². The van der Waals surface area contributed by atoms with Gasteiger partial charge >= 0.3 is 11.9 Å². The Morgan fingerprint density at radius 1 is 0.870 bits per heavy atom. The molecule has 0 saturated heterocycles. The minimum absolute atomic E-state index is 0. The molecule has 0 saturated carbocycles.